The van der Waals surface area contributed by atoms with Gasteiger partial charge in [0.05, 0.1) is 18.6 Å². The number of carbonyl (C=O) groups is 1. The minimum Gasteiger partial charge on any atom is -0.497 e. The van der Waals surface area contributed by atoms with Crippen LogP contribution in [0.2, 0.25) is 0 Å². The summed E-state index contributed by atoms with van der Waals surface area (Å²) in [6.45, 7) is 3.92. The Morgan fingerprint density at radius 1 is 1.23 bits per heavy atom. The second-order valence-corrected chi connectivity index (χ2v) is 7.53. The molecule has 3 aromatic rings. The molecule has 4 N–H and O–H groups in total. The number of methoxy groups -OCH3 is 1. The van der Waals surface area contributed by atoms with E-state index in [0.717, 1.165) is 34.7 Å². The van der Waals surface area contributed by atoms with Crippen LogP contribution in [0.1, 0.15) is 24.5 Å². The number of hydrazone groups is 1. The van der Waals surface area contributed by atoms with Gasteiger partial charge in [0.25, 0.3) is 5.95 Å². The third kappa shape index (κ3) is 5.76. The highest BCUT2D eigenvalue weighted by molar-refractivity contribution is 7.99. The zero-order chi connectivity index (χ0) is 22.2. The number of aryl methyl sites for hydroxylation is 1. The molecule has 3 rings (SSSR count). The van der Waals surface area contributed by atoms with Gasteiger partial charge in [-0.3, -0.25) is 4.79 Å². The monoisotopic (exact) mass is 439 g/mol. The van der Waals surface area contributed by atoms with Gasteiger partial charge in [0.2, 0.25) is 11.1 Å². The lowest BCUT2D eigenvalue weighted by Gasteiger charge is -2.09. The number of nitrogen functional groups attached to an aromatic ring is 1. The van der Waals surface area contributed by atoms with Crippen molar-refractivity contribution >= 4 is 35.0 Å². The summed E-state index contributed by atoms with van der Waals surface area (Å²) in [5.74, 6) is 7.04. The molecule has 0 unspecified atom stereocenters. The largest absolute Gasteiger partial charge is 0.497 e. The maximum absolute atomic E-state index is 12.3. The Hall–Kier alpha value is -3.53. The van der Waals surface area contributed by atoms with Gasteiger partial charge in [-0.05, 0) is 42.7 Å². The summed E-state index contributed by atoms with van der Waals surface area (Å²) in [5, 5.41) is 15.7. The third-order valence-electron chi connectivity index (χ3n) is 4.44. The second kappa shape index (κ2) is 10.5. The van der Waals surface area contributed by atoms with E-state index < -0.39 is 0 Å². The minimum absolute atomic E-state index is 0.133. The van der Waals surface area contributed by atoms with Crippen LogP contribution in [0.15, 0.2) is 58.8 Å². The number of nitrogens with zero attached hydrogens (tertiary/aromatic N) is 4. The predicted octanol–water partition coefficient (Wildman–Crippen LogP) is 3.27. The van der Waals surface area contributed by atoms with E-state index in [1.165, 1.54) is 16.4 Å². The molecule has 0 fully saturated rings. The molecule has 2 aromatic carbocycles. The molecular formula is C21H25N7O2S. The number of amides is 1. The highest BCUT2D eigenvalue weighted by atomic mass is 32.2. The number of anilines is 2. The maximum Gasteiger partial charge on any atom is 0.264 e. The van der Waals surface area contributed by atoms with Crippen molar-refractivity contribution in [3.05, 3.63) is 59.7 Å². The van der Waals surface area contributed by atoms with Gasteiger partial charge in [-0.15, -0.1) is 10.2 Å². The molecule has 162 valence electrons. The lowest BCUT2D eigenvalue weighted by molar-refractivity contribution is -0.113. The van der Waals surface area contributed by atoms with Gasteiger partial charge >= 0.3 is 0 Å². The van der Waals surface area contributed by atoms with E-state index in [-0.39, 0.29) is 17.6 Å². The topological polar surface area (TPSA) is 119 Å². The van der Waals surface area contributed by atoms with Crippen molar-refractivity contribution in [2.24, 2.45) is 5.10 Å². The number of thioether (sulfide) groups is 1. The van der Waals surface area contributed by atoms with Crippen molar-refractivity contribution in [1.82, 2.24) is 14.9 Å². The molecule has 0 saturated heterocycles. The Labute approximate surface area is 185 Å². The van der Waals surface area contributed by atoms with Gasteiger partial charge in [-0.1, -0.05) is 49.0 Å². The van der Waals surface area contributed by atoms with E-state index in [9.17, 15) is 4.79 Å². The van der Waals surface area contributed by atoms with Crippen molar-refractivity contribution in [3.8, 4) is 5.75 Å². The summed E-state index contributed by atoms with van der Waals surface area (Å²) in [6, 6.07) is 15.3. The Balaban J connectivity index is 1.59. The van der Waals surface area contributed by atoms with Crippen LogP contribution in [-0.2, 0) is 4.79 Å². The quantitative estimate of drug-likeness (QED) is 0.203. The molecule has 10 heteroatoms. The lowest BCUT2D eigenvalue weighted by Crippen LogP contribution is -2.17. The fourth-order valence-corrected chi connectivity index (χ4v) is 3.42. The van der Waals surface area contributed by atoms with Gasteiger partial charge in [0, 0.05) is 5.69 Å². The molecule has 0 saturated carbocycles. The maximum atomic E-state index is 12.3. The number of hydrogen-bond acceptors (Lipinski definition) is 8. The second-order valence-electron chi connectivity index (χ2n) is 6.58. The van der Waals surface area contributed by atoms with Gasteiger partial charge in [-0.2, -0.15) is 5.10 Å². The van der Waals surface area contributed by atoms with Crippen LogP contribution in [0.5, 0.6) is 5.75 Å². The van der Waals surface area contributed by atoms with Crippen molar-refractivity contribution in [3.63, 3.8) is 0 Å². The summed E-state index contributed by atoms with van der Waals surface area (Å²) >= 11 is 1.18. The van der Waals surface area contributed by atoms with Crippen molar-refractivity contribution in [2.75, 3.05) is 29.4 Å². The number of ether oxygens (including phenoxy) is 1. The Kier molecular flexibility index (Phi) is 7.50. The molecular weight excluding hydrogens is 414 g/mol. The molecule has 1 heterocycles. The fraction of sp³-hybridized carbons (Fsp3) is 0.238. The fourth-order valence-electron chi connectivity index (χ4n) is 2.77. The number of benzene rings is 2. The molecule has 0 radical (unpaired) electrons. The molecule has 31 heavy (non-hydrogen) atoms. The first-order valence-electron chi connectivity index (χ1n) is 9.67. The van der Waals surface area contributed by atoms with Crippen LogP contribution in [0.3, 0.4) is 0 Å². The zero-order valence-corrected chi connectivity index (χ0v) is 18.4. The van der Waals surface area contributed by atoms with E-state index in [1.807, 2.05) is 50.2 Å². The first-order chi connectivity index (χ1) is 15.0. The van der Waals surface area contributed by atoms with Gasteiger partial charge in [-0.25, -0.2) is 10.1 Å². The van der Waals surface area contributed by atoms with Gasteiger partial charge in [0.1, 0.15) is 5.75 Å². The van der Waals surface area contributed by atoms with Crippen LogP contribution in [0.4, 0.5) is 11.6 Å². The first-order valence-corrected chi connectivity index (χ1v) is 10.7. The number of aromatic nitrogens is 3. The summed E-state index contributed by atoms with van der Waals surface area (Å²) in [5.41, 5.74) is 6.38. The average molecular weight is 440 g/mol. The Bertz CT molecular complexity index is 1070. The number of nitrogens with two attached hydrogens (primary N) is 1. The van der Waals surface area contributed by atoms with E-state index in [4.69, 9.17) is 10.6 Å². The highest BCUT2D eigenvalue weighted by Crippen LogP contribution is 2.22. The van der Waals surface area contributed by atoms with E-state index in [0.29, 0.717) is 5.16 Å². The third-order valence-corrected chi connectivity index (χ3v) is 5.38. The molecule has 1 aromatic heterocycles. The van der Waals surface area contributed by atoms with Crippen LogP contribution in [-0.4, -0.2) is 39.4 Å². The highest BCUT2D eigenvalue weighted by Gasteiger charge is 2.13. The average Bonchev–Trinajstić information content (AvgIpc) is 3.14. The predicted molar refractivity (Wildman–Crippen MR) is 124 cm³/mol. The first kappa shape index (κ1) is 22.2. The Morgan fingerprint density at radius 2 is 2.00 bits per heavy atom. The summed E-state index contributed by atoms with van der Waals surface area (Å²) in [4.78, 5) is 12.3. The molecule has 1 amide bonds. The molecule has 0 bridgehead atoms. The molecule has 0 aliphatic heterocycles. The molecule has 0 aliphatic carbocycles. The number of rotatable bonds is 9. The molecule has 0 spiro atoms. The van der Waals surface area contributed by atoms with E-state index in [2.05, 4.69) is 26.0 Å². The van der Waals surface area contributed by atoms with Gasteiger partial charge < -0.3 is 15.9 Å². The molecule has 0 aliphatic rings. The van der Waals surface area contributed by atoms with E-state index >= 15 is 0 Å². The summed E-state index contributed by atoms with van der Waals surface area (Å²) < 4.78 is 6.45. The molecule has 9 nitrogen and oxygen atoms in total. The minimum atomic E-state index is -0.175. The van der Waals surface area contributed by atoms with Crippen LogP contribution >= 0.6 is 11.8 Å². The number of carbonyl (C=O) groups excluding carboxylic acids is 1. The Morgan fingerprint density at radius 3 is 2.68 bits per heavy atom. The zero-order valence-electron chi connectivity index (χ0n) is 17.6. The lowest BCUT2D eigenvalue weighted by atomic mass is 10.1. The summed E-state index contributed by atoms with van der Waals surface area (Å²) in [6.07, 6.45) is 0.738. The van der Waals surface area contributed by atoms with Gasteiger partial charge in [0.15, 0.2) is 0 Å². The number of hydrogen-bond donors (Lipinski definition) is 3. The van der Waals surface area contributed by atoms with Crippen LogP contribution in [0, 0.1) is 6.92 Å². The normalized spacial score (nSPS) is 11.3. The van der Waals surface area contributed by atoms with Crippen molar-refractivity contribution in [1.29, 1.82) is 0 Å². The standard InChI is InChI=1S/C21H25N7O2S/c1-4-17(15-8-6-5-7-9-15)24-25-20-26-27-21(28(20)22)31-13-19(29)23-18-11-10-16(30-3)12-14(18)2/h5-12H,4,13,22H2,1-3H3,(H,23,29)(H,25,26)/b24-17-. The van der Waals surface area contributed by atoms with E-state index in [1.54, 1.807) is 19.2 Å². The smallest absolute Gasteiger partial charge is 0.264 e. The number of nitrogens with one attached hydrogen (secondary N) is 2. The van der Waals surface area contributed by atoms with Crippen molar-refractivity contribution < 1.29 is 9.53 Å². The molecule has 0 atom stereocenters. The van der Waals surface area contributed by atoms with Crippen molar-refractivity contribution in [2.45, 2.75) is 25.4 Å². The van der Waals surface area contributed by atoms with Crippen LogP contribution < -0.4 is 21.3 Å². The summed E-state index contributed by atoms with van der Waals surface area (Å²) in [7, 11) is 1.60. The van der Waals surface area contributed by atoms with Crippen LogP contribution in [0.25, 0.3) is 0 Å². The SMILES string of the molecule is CC/C(=N/Nc1nnc(SCC(=O)Nc2ccc(OC)cc2C)n1N)c1ccccc1.